The van der Waals surface area contributed by atoms with Gasteiger partial charge in [0.05, 0.1) is 29.0 Å². The maximum Gasteiger partial charge on any atom is 0.237 e. The summed E-state index contributed by atoms with van der Waals surface area (Å²) in [4.78, 5) is 4.45. The summed E-state index contributed by atoms with van der Waals surface area (Å²) in [6.45, 7) is 5.34. The highest BCUT2D eigenvalue weighted by Gasteiger charge is 2.29. The van der Waals surface area contributed by atoms with Gasteiger partial charge in [-0.2, -0.15) is 5.10 Å². The van der Waals surface area contributed by atoms with E-state index < -0.39 is 38.9 Å². The van der Waals surface area contributed by atoms with Gasteiger partial charge in [0.15, 0.2) is 0 Å². The minimum absolute atomic E-state index is 0.121. The van der Waals surface area contributed by atoms with Crippen molar-refractivity contribution in [1.29, 1.82) is 0 Å². The molecule has 0 radical (unpaired) electrons. The van der Waals surface area contributed by atoms with E-state index in [0.717, 1.165) is 67.6 Å². The molecule has 0 bridgehead atoms. The summed E-state index contributed by atoms with van der Waals surface area (Å²) in [7, 11) is -2.46. The van der Waals surface area contributed by atoms with Crippen LogP contribution in [-0.2, 0) is 20.5 Å². The molecule has 2 aromatic carbocycles. The molecule has 0 spiro atoms. The highest BCUT2D eigenvalue weighted by atomic mass is 32.2. The molecular weight excluding hydrogens is 593 g/mol. The van der Waals surface area contributed by atoms with E-state index in [4.69, 9.17) is 15.6 Å². The number of sulfonamides is 1. The zero-order valence-corrected chi connectivity index (χ0v) is 25.7. The standard InChI is InChI=1S/C31H37F3N6O3S/c1-18(2)40-30-24(20-6-10-22(11-7-20)36-12-13-43-3)16-37-31(35)28(30)29(38-40)23-14-26(34)27(15-25(23)33)39-44(41,42)17-19-4-8-21(32)9-5-19/h4-5,8-9,14-16,18,20,22,36,39H,6-7,10-13,17H2,1-3H3,(H2,35,37)/t20-,22-. The van der Waals surface area contributed by atoms with Crippen LogP contribution in [0.2, 0.25) is 0 Å². The smallest absolute Gasteiger partial charge is 0.237 e. The molecule has 9 nitrogen and oxygen atoms in total. The molecule has 1 saturated carbocycles. The second-order valence-corrected chi connectivity index (χ2v) is 13.2. The van der Waals surface area contributed by atoms with Gasteiger partial charge in [0.25, 0.3) is 0 Å². The van der Waals surface area contributed by atoms with Gasteiger partial charge >= 0.3 is 0 Å². The zero-order valence-electron chi connectivity index (χ0n) is 24.9. The summed E-state index contributed by atoms with van der Waals surface area (Å²) >= 11 is 0. The number of methoxy groups -OCH3 is 1. The van der Waals surface area contributed by atoms with Crippen LogP contribution >= 0.6 is 0 Å². The topological polar surface area (TPSA) is 124 Å². The summed E-state index contributed by atoms with van der Waals surface area (Å²) in [6.07, 6.45) is 5.54. The molecule has 2 aromatic heterocycles. The van der Waals surface area contributed by atoms with Crippen molar-refractivity contribution in [3.63, 3.8) is 0 Å². The predicted molar refractivity (Wildman–Crippen MR) is 165 cm³/mol. The lowest BCUT2D eigenvalue weighted by Gasteiger charge is -2.30. The molecule has 0 aliphatic heterocycles. The first kappa shape index (κ1) is 31.7. The Bertz CT molecular complexity index is 1740. The summed E-state index contributed by atoms with van der Waals surface area (Å²) in [5, 5.41) is 8.66. The Morgan fingerprint density at radius 2 is 1.77 bits per heavy atom. The van der Waals surface area contributed by atoms with Crippen molar-refractivity contribution < 1.29 is 26.3 Å². The van der Waals surface area contributed by atoms with Gasteiger partial charge in [-0.25, -0.2) is 26.6 Å². The van der Waals surface area contributed by atoms with Crippen molar-refractivity contribution >= 4 is 32.4 Å². The van der Waals surface area contributed by atoms with Crippen molar-refractivity contribution in [3.8, 4) is 11.3 Å². The average Bonchev–Trinajstić information content (AvgIpc) is 3.38. The van der Waals surface area contributed by atoms with E-state index in [2.05, 4.69) is 15.0 Å². The fraction of sp³-hybridized carbons (Fsp3) is 0.419. The van der Waals surface area contributed by atoms with Gasteiger partial charge in [-0.1, -0.05) is 12.1 Å². The molecule has 1 fully saturated rings. The van der Waals surface area contributed by atoms with Crippen LogP contribution in [0.3, 0.4) is 0 Å². The predicted octanol–water partition coefficient (Wildman–Crippen LogP) is 5.88. The first-order chi connectivity index (χ1) is 21.0. The monoisotopic (exact) mass is 630 g/mol. The number of benzene rings is 2. The van der Waals surface area contributed by atoms with Crippen LogP contribution in [0.15, 0.2) is 42.6 Å². The minimum Gasteiger partial charge on any atom is -0.383 e. The molecule has 236 valence electrons. The van der Waals surface area contributed by atoms with Crippen molar-refractivity contribution in [2.24, 2.45) is 0 Å². The number of ether oxygens (including phenoxy) is 1. The minimum atomic E-state index is -4.13. The Hall–Kier alpha value is -3.68. The van der Waals surface area contributed by atoms with Crippen LogP contribution in [0.5, 0.6) is 0 Å². The number of anilines is 2. The maximum absolute atomic E-state index is 15.7. The molecule has 4 N–H and O–H groups in total. The molecule has 5 rings (SSSR count). The highest BCUT2D eigenvalue weighted by molar-refractivity contribution is 7.91. The number of pyridine rings is 1. The molecule has 13 heteroatoms. The molecule has 0 amide bonds. The number of nitrogens with one attached hydrogen (secondary N) is 2. The molecular formula is C31H37F3N6O3S. The largest absolute Gasteiger partial charge is 0.383 e. The summed E-state index contributed by atoms with van der Waals surface area (Å²) in [5.74, 6) is -2.60. The summed E-state index contributed by atoms with van der Waals surface area (Å²) in [6, 6.07) is 6.85. The van der Waals surface area contributed by atoms with Gasteiger partial charge in [-0.3, -0.25) is 9.40 Å². The highest BCUT2D eigenvalue weighted by Crippen LogP contribution is 2.42. The Balaban J connectivity index is 1.47. The quantitative estimate of drug-likeness (QED) is 0.177. The molecule has 0 atom stereocenters. The van der Waals surface area contributed by atoms with Gasteiger partial charge in [0, 0.05) is 43.6 Å². The van der Waals surface area contributed by atoms with E-state index in [1.807, 2.05) is 13.8 Å². The van der Waals surface area contributed by atoms with E-state index in [1.165, 1.54) is 12.1 Å². The summed E-state index contributed by atoms with van der Waals surface area (Å²) in [5.41, 5.74) is 7.77. The molecule has 1 aliphatic carbocycles. The van der Waals surface area contributed by atoms with Gasteiger partial charge in [0.1, 0.15) is 29.0 Å². The fourth-order valence-electron chi connectivity index (χ4n) is 5.86. The van der Waals surface area contributed by atoms with E-state index >= 15 is 8.78 Å². The SMILES string of the molecule is COCCN[C@H]1CC[C@H](c2cnc(N)c3c(-c4cc(F)c(NS(=O)(=O)Cc5ccc(F)cc5)cc4F)nn(C(C)C)c32)CC1. The van der Waals surface area contributed by atoms with E-state index in [1.54, 1.807) is 18.0 Å². The number of rotatable bonds is 11. The van der Waals surface area contributed by atoms with Gasteiger partial charge < -0.3 is 15.8 Å². The average molecular weight is 631 g/mol. The first-order valence-electron chi connectivity index (χ1n) is 14.6. The molecule has 0 unspecified atom stereocenters. The third kappa shape index (κ3) is 6.84. The Kier molecular flexibility index (Phi) is 9.47. The lowest BCUT2D eigenvalue weighted by molar-refractivity contribution is 0.191. The van der Waals surface area contributed by atoms with Crippen molar-refractivity contribution in [1.82, 2.24) is 20.1 Å². The second kappa shape index (κ2) is 13.1. The number of nitrogens with zero attached hydrogens (tertiary/aromatic N) is 3. The van der Waals surface area contributed by atoms with Crippen LogP contribution in [0.1, 0.15) is 62.6 Å². The number of aromatic nitrogens is 3. The Labute approximate surface area is 255 Å². The molecule has 4 aromatic rings. The number of hydrogen-bond donors (Lipinski definition) is 3. The summed E-state index contributed by atoms with van der Waals surface area (Å²) < 4.78 is 78.7. The van der Waals surface area contributed by atoms with Crippen LogP contribution in [-0.4, -0.2) is 49.5 Å². The number of nitrogens with two attached hydrogens (primary N) is 1. The molecule has 1 aliphatic rings. The van der Waals surface area contributed by atoms with E-state index in [-0.39, 0.29) is 34.6 Å². The van der Waals surface area contributed by atoms with Crippen molar-refractivity contribution in [3.05, 3.63) is 71.2 Å². The Morgan fingerprint density at radius 3 is 2.43 bits per heavy atom. The zero-order chi connectivity index (χ0) is 31.6. The number of fused-ring (bicyclic) bond motifs is 1. The van der Waals surface area contributed by atoms with Crippen molar-refractivity contribution in [2.45, 2.75) is 63.3 Å². The third-order valence-electron chi connectivity index (χ3n) is 8.03. The van der Waals surface area contributed by atoms with Gasteiger partial charge in [0.2, 0.25) is 10.0 Å². The van der Waals surface area contributed by atoms with Gasteiger partial charge in [-0.15, -0.1) is 0 Å². The number of nitrogen functional groups attached to an aromatic ring is 1. The Morgan fingerprint density at radius 1 is 1.07 bits per heavy atom. The van der Waals surface area contributed by atoms with Crippen LogP contribution in [0, 0.1) is 17.5 Å². The normalized spacial score (nSPS) is 17.4. The maximum atomic E-state index is 15.7. The molecule has 44 heavy (non-hydrogen) atoms. The van der Waals surface area contributed by atoms with Crippen LogP contribution in [0.4, 0.5) is 24.7 Å². The lowest BCUT2D eigenvalue weighted by Crippen LogP contribution is -2.34. The van der Waals surface area contributed by atoms with Crippen molar-refractivity contribution in [2.75, 3.05) is 30.7 Å². The first-order valence-corrected chi connectivity index (χ1v) is 16.3. The number of hydrogen-bond acceptors (Lipinski definition) is 7. The lowest BCUT2D eigenvalue weighted by atomic mass is 9.81. The van der Waals surface area contributed by atoms with E-state index in [0.29, 0.717) is 18.0 Å². The third-order valence-corrected chi connectivity index (χ3v) is 9.27. The second-order valence-electron chi connectivity index (χ2n) is 11.5. The van der Waals surface area contributed by atoms with Crippen LogP contribution < -0.4 is 15.8 Å². The number of halogens is 3. The van der Waals surface area contributed by atoms with E-state index in [9.17, 15) is 12.8 Å². The van der Waals surface area contributed by atoms with Gasteiger partial charge in [-0.05, 0) is 74.8 Å². The molecule has 2 heterocycles. The fourth-order valence-corrected chi connectivity index (χ4v) is 7.06. The molecule has 0 saturated heterocycles. The van der Waals surface area contributed by atoms with Crippen LogP contribution in [0.25, 0.3) is 22.2 Å².